The molecule has 1 aromatic heterocycles. The number of aryl methyl sites for hydroxylation is 1. The van der Waals surface area contributed by atoms with Gasteiger partial charge in [0.2, 0.25) is 5.91 Å². The van der Waals surface area contributed by atoms with Crippen molar-refractivity contribution in [1.29, 1.82) is 0 Å². The number of halogens is 1. The Morgan fingerprint density at radius 1 is 1.50 bits per heavy atom. The Morgan fingerprint density at radius 3 is 2.68 bits per heavy atom. The lowest BCUT2D eigenvalue weighted by Crippen LogP contribution is -2.45. The average molecular weight is 354 g/mol. The van der Waals surface area contributed by atoms with Crippen LogP contribution in [0.3, 0.4) is 0 Å². The number of nitrogens with two attached hydrogens (primary N) is 1. The fourth-order valence-corrected chi connectivity index (χ4v) is 2.70. The maximum Gasteiger partial charge on any atom is 0.260 e. The lowest BCUT2D eigenvalue weighted by Gasteiger charge is -2.16. The SMILES string of the molecule is CCCCC(CN)NC(=O)CNS(=O)(=O)c1cn(C)cn1.Cl. The molecule has 0 radical (unpaired) electrons. The number of amides is 1. The summed E-state index contributed by atoms with van der Waals surface area (Å²) < 4.78 is 27.5. The summed E-state index contributed by atoms with van der Waals surface area (Å²) in [6, 6.07) is -0.128. The van der Waals surface area contributed by atoms with Crippen LogP contribution in [0.1, 0.15) is 26.2 Å². The molecule has 1 atom stereocenters. The summed E-state index contributed by atoms with van der Waals surface area (Å²) in [7, 11) is -2.10. The van der Waals surface area contributed by atoms with Gasteiger partial charge in [-0.3, -0.25) is 4.79 Å². The third-order valence-corrected chi connectivity index (χ3v) is 4.22. The Bertz CT molecular complexity index is 561. The first kappa shape index (κ1) is 20.8. The molecule has 0 saturated heterocycles. The molecule has 0 aliphatic heterocycles. The van der Waals surface area contributed by atoms with Crippen LogP contribution in [-0.2, 0) is 21.9 Å². The van der Waals surface area contributed by atoms with Gasteiger partial charge < -0.3 is 15.6 Å². The van der Waals surface area contributed by atoms with Crippen LogP contribution in [0.2, 0.25) is 0 Å². The molecule has 1 amide bonds. The van der Waals surface area contributed by atoms with Crippen LogP contribution in [-0.4, -0.2) is 43.0 Å². The van der Waals surface area contributed by atoms with Crippen LogP contribution in [0.5, 0.6) is 0 Å². The molecular weight excluding hydrogens is 330 g/mol. The lowest BCUT2D eigenvalue weighted by atomic mass is 10.1. The molecule has 10 heteroatoms. The van der Waals surface area contributed by atoms with Crippen molar-refractivity contribution >= 4 is 28.3 Å². The van der Waals surface area contributed by atoms with E-state index in [0.29, 0.717) is 6.54 Å². The fourth-order valence-electron chi connectivity index (χ4n) is 1.74. The van der Waals surface area contributed by atoms with Crippen molar-refractivity contribution in [1.82, 2.24) is 19.6 Å². The molecule has 1 rings (SSSR count). The molecule has 1 heterocycles. The van der Waals surface area contributed by atoms with Crippen molar-refractivity contribution in [2.45, 2.75) is 37.3 Å². The molecule has 0 bridgehead atoms. The average Bonchev–Trinajstić information content (AvgIpc) is 2.88. The summed E-state index contributed by atoms with van der Waals surface area (Å²) in [5, 5.41) is 2.60. The minimum absolute atomic E-state index is 0. The number of aromatic nitrogens is 2. The van der Waals surface area contributed by atoms with E-state index in [1.165, 1.54) is 17.1 Å². The number of carbonyl (C=O) groups excluding carboxylic acids is 1. The molecule has 0 spiro atoms. The standard InChI is InChI=1S/C12H23N5O3S.ClH/c1-3-4-5-10(6-13)16-11(18)7-15-21(19,20)12-8-17(2)9-14-12;/h8-10,15H,3-7,13H2,1-2H3,(H,16,18);1H. The number of carbonyl (C=O) groups is 1. The largest absolute Gasteiger partial charge is 0.351 e. The lowest BCUT2D eigenvalue weighted by molar-refractivity contribution is -0.120. The summed E-state index contributed by atoms with van der Waals surface area (Å²) in [5.41, 5.74) is 5.57. The van der Waals surface area contributed by atoms with Crippen LogP contribution in [0, 0.1) is 0 Å². The fraction of sp³-hybridized carbons (Fsp3) is 0.667. The van der Waals surface area contributed by atoms with Crippen molar-refractivity contribution in [2.24, 2.45) is 12.8 Å². The van der Waals surface area contributed by atoms with Crippen molar-refractivity contribution in [3.63, 3.8) is 0 Å². The first-order valence-corrected chi connectivity index (χ1v) is 8.34. The van der Waals surface area contributed by atoms with Crippen LogP contribution >= 0.6 is 12.4 Å². The van der Waals surface area contributed by atoms with E-state index in [1.54, 1.807) is 7.05 Å². The van der Waals surface area contributed by atoms with E-state index >= 15 is 0 Å². The third kappa shape index (κ3) is 6.73. The molecule has 0 aromatic carbocycles. The van der Waals surface area contributed by atoms with E-state index in [1.807, 2.05) is 0 Å². The highest BCUT2D eigenvalue weighted by Gasteiger charge is 2.19. The predicted molar refractivity (Wildman–Crippen MR) is 86.2 cm³/mol. The minimum Gasteiger partial charge on any atom is -0.351 e. The number of hydrogen-bond donors (Lipinski definition) is 3. The van der Waals surface area contributed by atoms with E-state index in [0.717, 1.165) is 19.3 Å². The number of hydrogen-bond acceptors (Lipinski definition) is 5. The zero-order valence-electron chi connectivity index (χ0n) is 12.8. The molecule has 128 valence electrons. The number of rotatable bonds is 9. The predicted octanol–water partition coefficient (Wildman–Crippen LogP) is -0.246. The molecule has 0 fully saturated rings. The highest BCUT2D eigenvalue weighted by atomic mass is 35.5. The van der Waals surface area contributed by atoms with Gasteiger partial charge in [0.1, 0.15) is 0 Å². The zero-order chi connectivity index (χ0) is 15.9. The highest BCUT2D eigenvalue weighted by Crippen LogP contribution is 2.03. The minimum atomic E-state index is -3.77. The van der Waals surface area contributed by atoms with Crippen molar-refractivity contribution in [3.8, 4) is 0 Å². The number of nitrogens with one attached hydrogen (secondary N) is 2. The first-order valence-electron chi connectivity index (χ1n) is 6.86. The van der Waals surface area contributed by atoms with Crippen molar-refractivity contribution < 1.29 is 13.2 Å². The maximum atomic E-state index is 11.9. The van der Waals surface area contributed by atoms with Gasteiger partial charge in [-0.2, -0.15) is 0 Å². The molecule has 8 nitrogen and oxygen atoms in total. The Hall–Kier alpha value is -1.16. The van der Waals surface area contributed by atoms with Crippen molar-refractivity contribution in [3.05, 3.63) is 12.5 Å². The number of imidazole rings is 1. The molecule has 0 saturated carbocycles. The Labute approximate surface area is 137 Å². The van der Waals surface area contributed by atoms with Gasteiger partial charge in [0, 0.05) is 25.8 Å². The summed E-state index contributed by atoms with van der Waals surface area (Å²) in [4.78, 5) is 15.5. The van der Waals surface area contributed by atoms with Gasteiger partial charge in [-0.1, -0.05) is 19.8 Å². The van der Waals surface area contributed by atoms with Gasteiger partial charge in [0.25, 0.3) is 10.0 Å². The summed E-state index contributed by atoms with van der Waals surface area (Å²) in [6.45, 7) is 2.05. The monoisotopic (exact) mass is 353 g/mol. The number of unbranched alkanes of at least 4 members (excludes halogenated alkanes) is 1. The van der Waals surface area contributed by atoms with E-state index in [4.69, 9.17) is 5.73 Å². The molecule has 0 aliphatic carbocycles. The van der Waals surface area contributed by atoms with E-state index in [9.17, 15) is 13.2 Å². The quantitative estimate of drug-likeness (QED) is 0.565. The highest BCUT2D eigenvalue weighted by molar-refractivity contribution is 7.89. The van der Waals surface area contributed by atoms with E-state index < -0.39 is 15.9 Å². The van der Waals surface area contributed by atoms with Gasteiger partial charge in [0.15, 0.2) is 5.03 Å². The summed E-state index contributed by atoms with van der Waals surface area (Å²) in [5.74, 6) is -0.402. The Kier molecular flexibility index (Phi) is 9.26. The normalized spacial score (nSPS) is 12.5. The van der Waals surface area contributed by atoms with E-state index in [2.05, 4.69) is 21.9 Å². The first-order chi connectivity index (χ1) is 9.89. The van der Waals surface area contributed by atoms with Gasteiger partial charge in [-0.25, -0.2) is 18.1 Å². The maximum absolute atomic E-state index is 11.9. The molecule has 4 N–H and O–H groups in total. The second-order valence-electron chi connectivity index (χ2n) is 4.84. The number of sulfonamides is 1. The molecule has 22 heavy (non-hydrogen) atoms. The van der Waals surface area contributed by atoms with Gasteiger partial charge >= 0.3 is 0 Å². The van der Waals surface area contributed by atoms with Crippen LogP contribution in [0.25, 0.3) is 0 Å². The van der Waals surface area contributed by atoms with Gasteiger partial charge in [-0.05, 0) is 6.42 Å². The summed E-state index contributed by atoms with van der Waals surface area (Å²) in [6.07, 6.45) is 5.50. The topological polar surface area (TPSA) is 119 Å². The van der Waals surface area contributed by atoms with E-state index in [-0.39, 0.29) is 30.0 Å². The summed E-state index contributed by atoms with van der Waals surface area (Å²) >= 11 is 0. The molecular formula is C12H24ClN5O3S. The molecule has 1 aromatic rings. The second-order valence-corrected chi connectivity index (χ2v) is 6.56. The zero-order valence-corrected chi connectivity index (χ0v) is 14.4. The Balaban J connectivity index is 0.00000441. The van der Waals surface area contributed by atoms with Crippen molar-refractivity contribution in [2.75, 3.05) is 13.1 Å². The third-order valence-electron chi connectivity index (χ3n) is 2.94. The number of nitrogens with zero attached hydrogens (tertiary/aromatic N) is 2. The van der Waals surface area contributed by atoms with Crippen LogP contribution in [0.15, 0.2) is 17.6 Å². The molecule has 1 unspecified atom stereocenters. The molecule has 0 aliphatic rings. The van der Waals surface area contributed by atoms with Gasteiger partial charge in [0.05, 0.1) is 12.9 Å². The van der Waals surface area contributed by atoms with Gasteiger partial charge in [-0.15, -0.1) is 12.4 Å². The van der Waals surface area contributed by atoms with Crippen LogP contribution in [0.4, 0.5) is 0 Å². The second kappa shape index (κ2) is 9.78. The smallest absolute Gasteiger partial charge is 0.260 e. The van der Waals surface area contributed by atoms with Crippen LogP contribution < -0.4 is 15.8 Å². The Morgan fingerprint density at radius 2 is 2.18 bits per heavy atom.